The van der Waals surface area contributed by atoms with Gasteiger partial charge in [-0.3, -0.25) is 0 Å². The van der Waals surface area contributed by atoms with E-state index in [1.54, 1.807) is 0 Å². The average Bonchev–Trinajstić information content (AvgIpc) is 1.83. The van der Waals surface area contributed by atoms with E-state index in [4.69, 9.17) is 10.5 Å². The smallest absolute Gasteiger partial charge is 0.0483 e. The summed E-state index contributed by atoms with van der Waals surface area (Å²) >= 11 is 0. The van der Waals surface area contributed by atoms with E-state index in [-0.39, 0.29) is 5.54 Å². The third-order valence-electron chi connectivity index (χ3n) is 2.37. The SMILES string of the molecule is C[Si](C)(C)CC1(N)CCOCC1. The lowest BCUT2D eigenvalue weighted by Gasteiger charge is -2.37. The molecule has 1 saturated heterocycles. The van der Waals surface area contributed by atoms with Crippen molar-refractivity contribution < 1.29 is 4.74 Å². The molecule has 0 aromatic rings. The molecular weight excluding hydrogens is 166 g/mol. The molecule has 1 heterocycles. The summed E-state index contributed by atoms with van der Waals surface area (Å²) in [6.07, 6.45) is 2.11. The quantitative estimate of drug-likeness (QED) is 0.669. The largest absolute Gasteiger partial charge is 0.381 e. The summed E-state index contributed by atoms with van der Waals surface area (Å²) in [5.41, 5.74) is 6.40. The van der Waals surface area contributed by atoms with Gasteiger partial charge in [-0.05, 0) is 18.9 Å². The second-order valence-electron chi connectivity index (χ2n) is 5.21. The zero-order valence-electron chi connectivity index (χ0n) is 8.52. The van der Waals surface area contributed by atoms with Crippen LogP contribution < -0.4 is 5.73 Å². The summed E-state index contributed by atoms with van der Waals surface area (Å²) in [5, 5.41) is 0. The molecule has 0 unspecified atom stereocenters. The second-order valence-corrected chi connectivity index (χ2v) is 10.7. The van der Waals surface area contributed by atoms with E-state index in [0.717, 1.165) is 26.1 Å². The molecule has 0 aromatic heterocycles. The van der Waals surface area contributed by atoms with Gasteiger partial charge in [-0.25, -0.2) is 0 Å². The maximum Gasteiger partial charge on any atom is 0.0483 e. The first-order valence-corrected chi connectivity index (χ1v) is 8.49. The molecule has 3 heteroatoms. The minimum absolute atomic E-state index is 0.0999. The molecule has 2 nitrogen and oxygen atoms in total. The predicted molar refractivity (Wildman–Crippen MR) is 55.1 cm³/mol. The van der Waals surface area contributed by atoms with Crippen molar-refractivity contribution in [2.75, 3.05) is 13.2 Å². The van der Waals surface area contributed by atoms with Crippen LogP contribution in [0.3, 0.4) is 0 Å². The molecule has 1 rings (SSSR count). The van der Waals surface area contributed by atoms with Gasteiger partial charge in [0.05, 0.1) is 0 Å². The zero-order valence-corrected chi connectivity index (χ0v) is 9.52. The van der Waals surface area contributed by atoms with Gasteiger partial charge in [0.1, 0.15) is 0 Å². The number of hydrogen-bond donors (Lipinski definition) is 1. The van der Waals surface area contributed by atoms with Gasteiger partial charge in [0.15, 0.2) is 0 Å². The van der Waals surface area contributed by atoms with Crippen LogP contribution in [-0.2, 0) is 4.74 Å². The highest BCUT2D eigenvalue weighted by molar-refractivity contribution is 6.76. The lowest BCUT2D eigenvalue weighted by Crippen LogP contribution is -2.49. The van der Waals surface area contributed by atoms with Crippen LogP contribution >= 0.6 is 0 Å². The van der Waals surface area contributed by atoms with E-state index in [1.807, 2.05) is 0 Å². The van der Waals surface area contributed by atoms with E-state index in [1.165, 1.54) is 6.04 Å². The average molecular weight is 187 g/mol. The van der Waals surface area contributed by atoms with E-state index >= 15 is 0 Å². The van der Waals surface area contributed by atoms with Crippen molar-refractivity contribution in [3.63, 3.8) is 0 Å². The van der Waals surface area contributed by atoms with Gasteiger partial charge >= 0.3 is 0 Å². The summed E-state index contributed by atoms with van der Waals surface area (Å²) in [6.45, 7) is 8.88. The predicted octanol–water partition coefficient (Wildman–Crippen LogP) is 1.83. The monoisotopic (exact) mass is 187 g/mol. The van der Waals surface area contributed by atoms with Gasteiger partial charge < -0.3 is 10.5 Å². The van der Waals surface area contributed by atoms with Crippen molar-refractivity contribution in [1.29, 1.82) is 0 Å². The first kappa shape index (κ1) is 10.2. The number of ether oxygens (including phenoxy) is 1. The van der Waals surface area contributed by atoms with Gasteiger partial charge in [0, 0.05) is 26.8 Å². The van der Waals surface area contributed by atoms with Crippen LogP contribution in [-0.4, -0.2) is 26.8 Å². The first-order chi connectivity index (χ1) is 5.41. The molecule has 1 fully saturated rings. The molecule has 0 aromatic carbocycles. The lowest BCUT2D eigenvalue weighted by atomic mass is 9.94. The van der Waals surface area contributed by atoms with Gasteiger partial charge in [-0.1, -0.05) is 19.6 Å². The van der Waals surface area contributed by atoms with Crippen molar-refractivity contribution in [1.82, 2.24) is 0 Å². The number of rotatable bonds is 2. The Kier molecular flexibility index (Phi) is 2.96. The molecule has 0 spiro atoms. The summed E-state index contributed by atoms with van der Waals surface area (Å²) in [7, 11) is -0.998. The maximum atomic E-state index is 6.30. The van der Waals surface area contributed by atoms with Gasteiger partial charge in [0.2, 0.25) is 0 Å². The highest BCUT2D eigenvalue weighted by atomic mass is 28.3. The molecule has 0 atom stereocenters. The van der Waals surface area contributed by atoms with Crippen LogP contribution in [0.1, 0.15) is 12.8 Å². The Hall–Kier alpha value is 0.137. The number of hydrogen-bond acceptors (Lipinski definition) is 2. The third kappa shape index (κ3) is 3.25. The van der Waals surface area contributed by atoms with Crippen LogP contribution in [0.4, 0.5) is 0 Å². The Morgan fingerprint density at radius 1 is 1.25 bits per heavy atom. The molecule has 0 aliphatic carbocycles. The zero-order chi connectivity index (χ0) is 9.24. The van der Waals surface area contributed by atoms with Crippen molar-refractivity contribution in [2.45, 2.75) is 44.1 Å². The van der Waals surface area contributed by atoms with Gasteiger partial charge in [-0.2, -0.15) is 0 Å². The van der Waals surface area contributed by atoms with Crippen LogP contribution in [0.2, 0.25) is 25.7 Å². The summed E-state index contributed by atoms with van der Waals surface area (Å²) in [6, 6.07) is 1.24. The fourth-order valence-electron chi connectivity index (χ4n) is 2.01. The second kappa shape index (κ2) is 3.48. The Labute approximate surface area is 76.5 Å². The molecule has 1 aliphatic rings. The summed E-state index contributed by atoms with van der Waals surface area (Å²) in [5.74, 6) is 0. The molecule has 0 radical (unpaired) electrons. The minimum atomic E-state index is -0.998. The van der Waals surface area contributed by atoms with Crippen LogP contribution in [0.5, 0.6) is 0 Å². The Bertz CT molecular complexity index is 147. The maximum absolute atomic E-state index is 6.30. The molecule has 1 aliphatic heterocycles. The molecule has 0 amide bonds. The Balaban J connectivity index is 2.47. The Morgan fingerprint density at radius 2 is 1.75 bits per heavy atom. The first-order valence-electron chi connectivity index (χ1n) is 4.78. The van der Waals surface area contributed by atoms with E-state index in [0.29, 0.717) is 0 Å². The van der Waals surface area contributed by atoms with E-state index < -0.39 is 8.07 Å². The molecule has 72 valence electrons. The van der Waals surface area contributed by atoms with Crippen molar-refractivity contribution in [2.24, 2.45) is 5.73 Å². The third-order valence-corrected chi connectivity index (χ3v) is 4.14. The number of nitrogens with two attached hydrogens (primary N) is 1. The normalized spacial score (nSPS) is 24.0. The minimum Gasteiger partial charge on any atom is -0.381 e. The van der Waals surface area contributed by atoms with Gasteiger partial charge in [-0.15, -0.1) is 0 Å². The summed E-state index contributed by atoms with van der Waals surface area (Å²) < 4.78 is 5.31. The fourth-order valence-corrected chi connectivity index (χ4v) is 4.48. The Morgan fingerprint density at radius 3 is 2.17 bits per heavy atom. The highest BCUT2D eigenvalue weighted by Crippen LogP contribution is 2.27. The fraction of sp³-hybridized carbons (Fsp3) is 1.00. The molecule has 0 saturated carbocycles. The van der Waals surface area contributed by atoms with E-state index in [9.17, 15) is 0 Å². The van der Waals surface area contributed by atoms with Crippen molar-refractivity contribution in [3.05, 3.63) is 0 Å². The molecule has 0 bridgehead atoms. The van der Waals surface area contributed by atoms with Gasteiger partial charge in [0.25, 0.3) is 0 Å². The molecular formula is C9H21NOSi. The summed E-state index contributed by atoms with van der Waals surface area (Å²) in [4.78, 5) is 0. The van der Waals surface area contributed by atoms with Crippen LogP contribution in [0, 0.1) is 0 Å². The van der Waals surface area contributed by atoms with Crippen molar-refractivity contribution in [3.8, 4) is 0 Å². The molecule has 12 heavy (non-hydrogen) atoms. The van der Waals surface area contributed by atoms with Crippen LogP contribution in [0.15, 0.2) is 0 Å². The lowest BCUT2D eigenvalue weighted by molar-refractivity contribution is 0.0590. The molecule has 2 N–H and O–H groups in total. The van der Waals surface area contributed by atoms with E-state index in [2.05, 4.69) is 19.6 Å². The highest BCUT2D eigenvalue weighted by Gasteiger charge is 2.32. The van der Waals surface area contributed by atoms with Crippen LogP contribution in [0.25, 0.3) is 0 Å². The topological polar surface area (TPSA) is 35.2 Å². The van der Waals surface area contributed by atoms with Crippen molar-refractivity contribution >= 4 is 8.07 Å². The standard InChI is InChI=1S/C9H21NOSi/c1-12(2,3)8-9(10)4-6-11-7-5-9/h4-8,10H2,1-3H3.